The summed E-state index contributed by atoms with van der Waals surface area (Å²) in [5.41, 5.74) is 0.712. The quantitative estimate of drug-likeness (QED) is 0.660. The standard InChI is InChI=1S/C14H19FN2O5S/c1-16(2)23(20,21)10-14(19)22-9-13(18)17(3)8-11-4-6-12(15)7-5-11/h4-7H,8-10H2,1-3H3. The van der Waals surface area contributed by atoms with E-state index in [9.17, 15) is 22.4 Å². The van der Waals surface area contributed by atoms with Crippen molar-refractivity contribution in [1.82, 2.24) is 9.21 Å². The van der Waals surface area contributed by atoms with Crippen LogP contribution in [0.4, 0.5) is 4.39 Å². The molecule has 0 aliphatic heterocycles. The molecule has 0 heterocycles. The summed E-state index contributed by atoms with van der Waals surface area (Å²) >= 11 is 0. The van der Waals surface area contributed by atoms with Crippen LogP contribution in [-0.4, -0.2) is 63.0 Å². The van der Waals surface area contributed by atoms with Crippen LogP contribution in [0.25, 0.3) is 0 Å². The molecule has 0 radical (unpaired) electrons. The molecule has 1 aromatic carbocycles. The van der Waals surface area contributed by atoms with Gasteiger partial charge in [-0.05, 0) is 17.7 Å². The van der Waals surface area contributed by atoms with Gasteiger partial charge in [0, 0.05) is 27.7 Å². The third-order valence-electron chi connectivity index (χ3n) is 2.97. The third-order valence-corrected chi connectivity index (χ3v) is 4.69. The van der Waals surface area contributed by atoms with Crippen LogP contribution in [0.15, 0.2) is 24.3 Å². The molecular weight excluding hydrogens is 327 g/mol. The van der Waals surface area contributed by atoms with Crippen LogP contribution in [0.3, 0.4) is 0 Å². The number of halogens is 1. The molecule has 0 spiro atoms. The smallest absolute Gasteiger partial charge is 0.323 e. The van der Waals surface area contributed by atoms with E-state index < -0.39 is 34.3 Å². The Morgan fingerprint density at radius 3 is 2.22 bits per heavy atom. The molecule has 1 rings (SSSR count). The summed E-state index contributed by atoms with van der Waals surface area (Å²) in [7, 11) is 0.368. The minimum absolute atomic E-state index is 0.215. The fourth-order valence-electron chi connectivity index (χ4n) is 1.52. The second kappa shape index (κ2) is 8.02. The summed E-state index contributed by atoms with van der Waals surface area (Å²) in [6.07, 6.45) is 0. The van der Waals surface area contributed by atoms with Gasteiger partial charge in [-0.15, -0.1) is 0 Å². The van der Waals surface area contributed by atoms with Gasteiger partial charge in [0.25, 0.3) is 5.91 Å². The van der Waals surface area contributed by atoms with Crippen molar-refractivity contribution < 1.29 is 27.1 Å². The second-order valence-electron chi connectivity index (χ2n) is 5.08. The first-order chi connectivity index (χ1) is 10.6. The number of carbonyl (C=O) groups excluding carboxylic acids is 2. The number of amides is 1. The molecule has 0 aliphatic carbocycles. The van der Waals surface area contributed by atoms with Gasteiger partial charge in [-0.3, -0.25) is 9.59 Å². The van der Waals surface area contributed by atoms with E-state index in [2.05, 4.69) is 4.74 Å². The Balaban J connectivity index is 2.46. The maximum Gasteiger partial charge on any atom is 0.323 e. The Morgan fingerprint density at radius 2 is 1.70 bits per heavy atom. The van der Waals surface area contributed by atoms with Gasteiger partial charge in [-0.25, -0.2) is 17.1 Å². The molecule has 1 aromatic rings. The average molecular weight is 346 g/mol. The number of carbonyl (C=O) groups is 2. The van der Waals surface area contributed by atoms with Gasteiger partial charge in [0.2, 0.25) is 10.0 Å². The predicted octanol–water partition coefficient (Wildman–Crippen LogP) is 0.219. The number of benzene rings is 1. The minimum atomic E-state index is -3.72. The van der Waals surface area contributed by atoms with Crippen molar-refractivity contribution in [1.29, 1.82) is 0 Å². The molecule has 23 heavy (non-hydrogen) atoms. The predicted molar refractivity (Wildman–Crippen MR) is 81.3 cm³/mol. The number of hydrogen-bond acceptors (Lipinski definition) is 5. The van der Waals surface area contributed by atoms with Crippen molar-refractivity contribution in [3.63, 3.8) is 0 Å². The van der Waals surface area contributed by atoms with Crippen LogP contribution >= 0.6 is 0 Å². The van der Waals surface area contributed by atoms with Crippen molar-refractivity contribution >= 4 is 21.9 Å². The fourth-order valence-corrected chi connectivity index (χ4v) is 2.16. The molecule has 0 saturated heterocycles. The van der Waals surface area contributed by atoms with Crippen molar-refractivity contribution in [3.8, 4) is 0 Å². The Bertz CT molecular complexity index is 658. The fraction of sp³-hybridized carbons (Fsp3) is 0.429. The Labute approximate surface area is 134 Å². The molecule has 0 N–H and O–H groups in total. The lowest BCUT2D eigenvalue weighted by Gasteiger charge is -2.17. The second-order valence-corrected chi connectivity index (χ2v) is 7.26. The topological polar surface area (TPSA) is 84.0 Å². The van der Waals surface area contributed by atoms with E-state index in [0.717, 1.165) is 4.31 Å². The molecule has 0 atom stereocenters. The molecule has 9 heteroatoms. The molecule has 0 unspecified atom stereocenters. The zero-order valence-electron chi connectivity index (χ0n) is 13.2. The van der Waals surface area contributed by atoms with Gasteiger partial charge in [0.05, 0.1) is 0 Å². The van der Waals surface area contributed by atoms with Crippen molar-refractivity contribution in [2.45, 2.75) is 6.54 Å². The summed E-state index contributed by atoms with van der Waals surface area (Å²) in [6.45, 7) is -0.341. The van der Waals surface area contributed by atoms with Crippen molar-refractivity contribution in [3.05, 3.63) is 35.6 Å². The third kappa shape index (κ3) is 6.33. The molecule has 0 saturated carbocycles. The number of esters is 1. The van der Waals surface area contributed by atoms with Gasteiger partial charge in [-0.2, -0.15) is 0 Å². The molecule has 1 amide bonds. The molecular formula is C14H19FN2O5S. The largest absolute Gasteiger partial charge is 0.455 e. The highest BCUT2D eigenvalue weighted by Crippen LogP contribution is 2.06. The first kappa shape index (κ1) is 19.0. The Morgan fingerprint density at radius 1 is 1.13 bits per heavy atom. The zero-order chi connectivity index (χ0) is 17.6. The lowest BCUT2D eigenvalue weighted by molar-refractivity contribution is -0.149. The van der Waals surface area contributed by atoms with Crippen molar-refractivity contribution in [2.24, 2.45) is 0 Å². The van der Waals surface area contributed by atoms with Crippen LogP contribution in [0, 0.1) is 5.82 Å². The maximum atomic E-state index is 12.8. The number of sulfonamides is 1. The van der Waals surface area contributed by atoms with Crippen LogP contribution < -0.4 is 0 Å². The highest BCUT2D eigenvalue weighted by molar-refractivity contribution is 7.89. The monoisotopic (exact) mass is 346 g/mol. The first-order valence-corrected chi connectivity index (χ1v) is 8.27. The average Bonchev–Trinajstić information content (AvgIpc) is 2.46. The van der Waals surface area contributed by atoms with E-state index in [-0.39, 0.29) is 12.4 Å². The molecule has 0 bridgehead atoms. The normalized spacial score (nSPS) is 11.3. The van der Waals surface area contributed by atoms with Gasteiger partial charge < -0.3 is 9.64 Å². The van der Waals surface area contributed by atoms with Crippen LogP contribution in [-0.2, 0) is 30.9 Å². The van der Waals surface area contributed by atoms with E-state index >= 15 is 0 Å². The number of likely N-dealkylation sites (N-methyl/N-ethyl adjacent to an activating group) is 1. The van der Waals surface area contributed by atoms with E-state index in [1.54, 1.807) is 0 Å². The molecule has 128 valence electrons. The summed E-state index contributed by atoms with van der Waals surface area (Å²) in [5.74, 6) is -2.69. The first-order valence-electron chi connectivity index (χ1n) is 6.66. The zero-order valence-corrected chi connectivity index (χ0v) is 14.0. The maximum absolute atomic E-state index is 12.8. The van der Waals surface area contributed by atoms with Crippen LogP contribution in [0.1, 0.15) is 5.56 Å². The molecule has 0 fully saturated rings. The van der Waals surface area contributed by atoms with Crippen molar-refractivity contribution in [2.75, 3.05) is 33.5 Å². The SMILES string of the molecule is CN(Cc1ccc(F)cc1)C(=O)COC(=O)CS(=O)(=O)N(C)C. The van der Waals surface area contributed by atoms with Crippen LogP contribution in [0.5, 0.6) is 0 Å². The molecule has 0 aromatic heterocycles. The minimum Gasteiger partial charge on any atom is -0.455 e. The van der Waals surface area contributed by atoms with Crippen LogP contribution in [0.2, 0.25) is 0 Å². The van der Waals surface area contributed by atoms with E-state index in [1.165, 1.54) is 50.3 Å². The lowest BCUT2D eigenvalue weighted by atomic mass is 10.2. The Hall–Kier alpha value is -2.00. The Kier molecular flexibility index (Phi) is 6.64. The van der Waals surface area contributed by atoms with Gasteiger partial charge >= 0.3 is 5.97 Å². The summed E-state index contributed by atoms with van der Waals surface area (Å²) in [5, 5.41) is 0. The molecule has 0 aliphatic rings. The highest BCUT2D eigenvalue weighted by atomic mass is 32.2. The highest BCUT2D eigenvalue weighted by Gasteiger charge is 2.21. The molecule has 7 nitrogen and oxygen atoms in total. The number of rotatable bonds is 7. The number of hydrogen-bond donors (Lipinski definition) is 0. The summed E-state index contributed by atoms with van der Waals surface area (Å²) in [4.78, 5) is 24.6. The van der Waals surface area contributed by atoms with Gasteiger partial charge in [-0.1, -0.05) is 12.1 Å². The number of nitrogens with zero attached hydrogens (tertiary/aromatic N) is 2. The number of ether oxygens (including phenoxy) is 1. The lowest BCUT2D eigenvalue weighted by Crippen LogP contribution is -2.34. The van der Waals surface area contributed by atoms with E-state index in [0.29, 0.717) is 5.56 Å². The van der Waals surface area contributed by atoms with Gasteiger partial charge in [0.15, 0.2) is 12.4 Å². The van der Waals surface area contributed by atoms with Gasteiger partial charge in [0.1, 0.15) is 5.82 Å². The summed E-state index contributed by atoms with van der Waals surface area (Å²) in [6, 6.07) is 5.63. The van der Waals surface area contributed by atoms with E-state index in [4.69, 9.17) is 0 Å². The van der Waals surface area contributed by atoms with E-state index in [1.807, 2.05) is 0 Å². The summed E-state index contributed by atoms with van der Waals surface area (Å²) < 4.78 is 41.3.